The summed E-state index contributed by atoms with van der Waals surface area (Å²) in [5, 5.41) is 10.8. The van der Waals surface area contributed by atoms with E-state index >= 15 is 0 Å². The molecule has 0 saturated heterocycles. The highest BCUT2D eigenvalue weighted by molar-refractivity contribution is 6.08. The second kappa shape index (κ2) is 5.70. The summed E-state index contributed by atoms with van der Waals surface area (Å²) in [6.07, 6.45) is -0.979. The molecule has 0 unspecified atom stereocenters. The van der Waals surface area contributed by atoms with Crippen molar-refractivity contribution in [3.8, 4) is 22.4 Å². The van der Waals surface area contributed by atoms with Gasteiger partial charge < -0.3 is 5.11 Å². The van der Waals surface area contributed by atoms with Crippen molar-refractivity contribution >= 4 is 17.0 Å². The average molecular weight is 313 g/mol. The summed E-state index contributed by atoms with van der Waals surface area (Å²) in [5.74, 6) is 0. The van der Waals surface area contributed by atoms with Crippen LogP contribution in [-0.2, 0) is 0 Å². The highest BCUT2D eigenvalue weighted by Crippen LogP contribution is 2.40. The Morgan fingerprint density at radius 1 is 0.708 bits per heavy atom. The largest absolute Gasteiger partial charge is 0.464 e. The smallest absolute Gasteiger partial charge is 0.416 e. The Labute approximate surface area is 139 Å². The molecular formula is C21H15NO2. The summed E-state index contributed by atoms with van der Waals surface area (Å²) in [7, 11) is 0. The fourth-order valence-corrected chi connectivity index (χ4v) is 3.21. The van der Waals surface area contributed by atoms with E-state index in [1.165, 1.54) is 4.57 Å². The predicted octanol–water partition coefficient (Wildman–Crippen LogP) is 5.50. The molecule has 0 atom stereocenters. The highest BCUT2D eigenvalue weighted by Gasteiger charge is 2.22. The summed E-state index contributed by atoms with van der Waals surface area (Å²) < 4.78 is 1.38. The minimum absolute atomic E-state index is 0.697. The first-order valence-corrected chi connectivity index (χ1v) is 7.75. The number of fused-ring (bicyclic) bond motifs is 1. The molecule has 1 heterocycles. The molecule has 3 aromatic carbocycles. The van der Waals surface area contributed by atoms with Gasteiger partial charge in [0.2, 0.25) is 0 Å². The Morgan fingerprint density at radius 2 is 1.25 bits per heavy atom. The summed E-state index contributed by atoms with van der Waals surface area (Å²) in [4.78, 5) is 12.0. The van der Waals surface area contributed by atoms with Crippen molar-refractivity contribution in [2.45, 2.75) is 0 Å². The van der Waals surface area contributed by atoms with Crippen LogP contribution in [0.25, 0.3) is 33.3 Å². The first-order chi connectivity index (χ1) is 11.8. The standard InChI is InChI=1S/C21H15NO2/c23-21(24)22-18-14-8-7-13-17(18)19(15-9-3-1-4-10-15)20(22)16-11-5-2-6-12-16/h1-14H,(H,23,24). The summed E-state index contributed by atoms with van der Waals surface area (Å²) >= 11 is 0. The van der Waals surface area contributed by atoms with Crippen LogP contribution >= 0.6 is 0 Å². The molecule has 0 fully saturated rings. The molecule has 0 saturated carbocycles. The molecule has 4 rings (SSSR count). The molecule has 0 spiro atoms. The third-order valence-electron chi connectivity index (χ3n) is 4.18. The minimum Gasteiger partial charge on any atom is -0.464 e. The maximum atomic E-state index is 12.0. The van der Waals surface area contributed by atoms with E-state index in [2.05, 4.69) is 0 Å². The molecule has 3 heteroatoms. The Hall–Kier alpha value is -3.33. The lowest BCUT2D eigenvalue weighted by Gasteiger charge is -2.09. The number of hydrogen-bond donors (Lipinski definition) is 1. The van der Waals surface area contributed by atoms with Crippen molar-refractivity contribution in [3.63, 3.8) is 0 Å². The van der Waals surface area contributed by atoms with Crippen LogP contribution in [0.15, 0.2) is 84.9 Å². The molecule has 1 N–H and O–H groups in total. The molecule has 0 radical (unpaired) electrons. The van der Waals surface area contributed by atoms with Crippen molar-refractivity contribution in [3.05, 3.63) is 84.9 Å². The fraction of sp³-hybridized carbons (Fsp3) is 0. The molecule has 24 heavy (non-hydrogen) atoms. The van der Waals surface area contributed by atoms with Crippen LogP contribution in [0.2, 0.25) is 0 Å². The Morgan fingerprint density at radius 3 is 1.88 bits per heavy atom. The van der Waals surface area contributed by atoms with Gasteiger partial charge in [-0.2, -0.15) is 0 Å². The molecule has 1 aromatic heterocycles. The van der Waals surface area contributed by atoms with E-state index in [1.54, 1.807) is 0 Å². The van der Waals surface area contributed by atoms with Crippen LogP contribution in [0.4, 0.5) is 4.79 Å². The Bertz CT molecular complexity index is 1020. The highest BCUT2D eigenvalue weighted by atomic mass is 16.4. The van der Waals surface area contributed by atoms with E-state index in [-0.39, 0.29) is 0 Å². The molecule has 0 aliphatic rings. The van der Waals surface area contributed by atoms with E-state index in [0.29, 0.717) is 11.2 Å². The zero-order valence-corrected chi connectivity index (χ0v) is 12.9. The van der Waals surface area contributed by atoms with Gasteiger partial charge in [-0.3, -0.25) is 0 Å². The quantitative estimate of drug-likeness (QED) is 0.531. The normalized spacial score (nSPS) is 10.8. The lowest BCUT2D eigenvalue weighted by atomic mass is 9.98. The SMILES string of the molecule is O=C(O)n1c(-c2ccccc2)c(-c2ccccc2)c2ccccc21. The number of hydrogen-bond acceptors (Lipinski definition) is 1. The van der Waals surface area contributed by atoms with Crippen LogP contribution in [0.1, 0.15) is 0 Å². The van der Waals surface area contributed by atoms with E-state index in [1.807, 2.05) is 84.9 Å². The Kier molecular flexibility index (Phi) is 3.39. The van der Waals surface area contributed by atoms with Gasteiger partial charge >= 0.3 is 6.09 Å². The van der Waals surface area contributed by atoms with E-state index < -0.39 is 6.09 Å². The maximum absolute atomic E-state index is 12.0. The zero-order chi connectivity index (χ0) is 16.5. The van der Waals surface area contributed by atoms with Crippen LogP contribution in [0.5, 0.6) is 0 Å². The van der Waals surface area contributed by atoms with Gasteiger partial charge in [-0.25, -0.2) is 9.36 Å². The van der Waals surface area contributed by atoms with Gasteiger partial charge in [0.05, 0.1) is 11.2 Å². The lowest BCUT2D eigenvalue weighted by Crippen LogP contribution is -2.09. The van der Waals surface area contributed by atoms with Gasteiger partial charge in [0, 0.05) is 10.9 Å². The van der Waals surface area contributed by atoms with Gasteiger partial charge in [0.1, 0.15) is 0 Å². The van der Waals surface area contributed by atoms with Crippen LogP contribution in [-0.4, -0.2) is 15.8 Å². The van der Waals surface area contributed by atoms with E-state index in [4.69, 9.17) is 0 Å². The van der Waals surface area contributed by atoms with Crippen molar-refractivity contribution in [1.29, 1.82) is 0 Å². The predicted molar refractivity (Wildman–Crippen MR) is 96.2 cm³/mol. The molecule has 3 nitrogen and oxygen atoms in total. The number of carboxylic acid groups (broad SMARTS) is 1. The second-order valence-corrected chi connectivity index (χ2v) is 5.59. The molecule has 0 bridgehead atoms. The number of para-hydroxylation sites is 1. The second-order valence-electron chi connectivity index (χ2n) is 5.59. The zero-order valence-electron chi connectivity index (χ0n) is 12.9. The number of rotatable bonds is 2. The fourth-order valence-electron chi connectivity index (χ4n) is 3.21. The van der Waals surface area contributed by atoms with E-state index in [0.717, 1.165) is 22.1 Å². The van der Waals surface area contributed by atoms with Crippen LogP contribution in [0.3, 0.4) is 0 Å². The number of nitrogens with zero attached hydrogens (tertiary/aromatic N) is 1. The maximum Gasteiger partial charge on any atom is 0.416 e. The third-order valence-corrected chi connectivity index (χ3v) is 4.18. The molecule has 0 amide bonds. The first kappa shape index (κ1) is 14.3. The van der Waals surface area contributed by atoms with Gasteiger partial charge in [-0.05, 0) is 17.2 Å². The van der Waals surface area contributed by atoms with Crippen molar-refractivity contribution in [2.75, 3.05) is 0 Å². The van der Waals surface area contributed by atoms with Gasteiger partial charge in [-0.15, -0.1) is 0 Å². The number of benzene rings is 3. The lowest BCUT2D eigenvalue weighted by molar-refractivity contribution is 0.198. The van der Waals surface area contributed by atoms with Gasteiger partial charge in [-0.1, -0.05) is 78.9 Å². The summed E-state index contributed by atoms with van der Waals surface area (Å²) in [6.45, 7) is 0. The molecule has 116 valence electrons. The van der Waals surface area contributed by atoms with E-state index in [9.17, 15) is 9.90 Å². The topological polar surface area (TPSA) is 42.2 Å². The monoisotopic (exact) mass is 313 g/mol. The number of aromatic nitrogens is 1. The third kappa shape index (κ3) is 2.18. The van der Waals surface area contributed by atoms with Crippen molar-refractivity contribution < 1.29 is 9.90 Å². The molecule has 0 aliphatic carbocycles. The number of carbonyl (C=O) groups is 1. The summed E-state index contributed by atoms with van der Waals surface area (Å²) in [6, 6.07) is 27.2. The first-order valence-electron chi connectivity index (χ1n) is 7.75. The summed E-state index contributed by atoms with van der Waals surface area (Å²) in [5.41, 5.74) is 4.24. The molecule has 4 aromatic rings. The minimum atomic E-state index is -0.979. The average Bonchev–Trinajstić information content (AvgIpc) is 2.98. The van der Waals surface area contributed by atoms with Gasteiger partial charge in [0.15, 0.2) is 0 Å². The Balaban J connectivity index is 2.19. The van der Waals surface area contributed by atoms with Crippen LogP contribution < -0.4 is 0 Å². The van der Waals surface area contributed by atoms with Crippen LogP contribution in [0, 0.1) is 0 Å². The van der Waals surface area contributed by atoms with Crippen molar-refractivity contribution in [2.24, 2.45) is 0 Å². The molecule has 0 aliphatic heterocycles. The van der Waals surface area contributed by atoms with Crippen molar-refractivity contribution in [1.82, 2.24) is 4.57 Å². The van der Waals surface area contributed by atoms with Gasteiger partial charge in [0.25, 0.3) is 0 Å². The molecular weight excluding hydrogens is 298 g/mol.